The second-order valence-electron chi connectivity index (χ2n) is 7.87. The van der Waals surface area contributed by atoms with Crippen LogP contribution < -0.4 is 4.74 Å². The van der Waals surface area contributed by atoms with E-state index in [0.717, 1.165) is 26.1 Å². The number of terminal acetylenes is 1. The van der Waals surface area contributed by atoms with Crippen LogP contribution in [0.2, 0.25) is 0 Å². The van der Waals surface area contributed by atoms with E-state index >= 15 is 0 Å². The van der Waals surface area contributed by atoms with Crippen LogP contribution in [0.15, 0.2) is 36.1 Å². The lowest BCUT2D eigenvalue weighted by Crippen LogP contribution is -2.46. The largest absolute Gasteiger partial charge is 0.463 e. The molecule has 0 saturated carbocycles. The van der Waals surface area contributed by atoms with E-state index < -0.39 is 0 Å². The highest BCUT2D eigenvalue weighted by Crippen LogP contribution is 2.21. The molecule has 2 aliphatic rings. The average molecular weight is 412 g/mol. The number of nitrogens with zero attached hydrogens (tertiary/aromatic N) is 3. The molecule has 4 unspecified atom stereocenters. The first-order valence-electron chi connectivity index (χ1n) is 10.1. The quantitative estimate of drug-likeness (QED) is 0.505. The first kappa shape index (κ1) is 21.6. The standard InChI is InChI=1S/C23H29N3O2S/c1-5-21(18(4)29)22-10-11-24-23(25-22)27-15-20-8-6-19(7-9-20)14-26-12-16(2)28-17(3)13-26/h1,6-8,10-11,16-17,20-21H,9,12-15H2,2-4H3. The molecule has 1 fully saturated rings. The normalized spacial score (nSPS) is 25.7. The molecule has 4 atom stereocenters. The molecule has 154 valence electrons. The molecular weight excluding hydrogens is 382 g/mol. The zero-order chi connectivity index (χ0) is 20.8. The van der Waals surface area contributed by atoms with E-state index in [1.54, 1.807) is 12.3 Å². The highest BCUT2D eigenvalue weighted by molar-refractivity contribution is 7.80. The van der Waals surface area contributed by atoms with Gasteiger partial charge in [0, 0.05) is 36.6 Å². The highest BCUT2D eigenvalue weighted by atomic mass is 32.1. The second kappa shape index (κ2) is 10.1. The third kappa shape index (κ3) is 6.20. The van der Waals surface area contributed by atoms with Crippen LogP contribution in [0, 0.1) is 18.3 Å². The fourth-order valence-corrected chi connectivity index (χ4v) is 3.99. The number of ether oxygens (including phenoxy) is 2. The van der Waals surface area contributed by atoms with Crippen molar-refractivity contribution < 1.29 is 9.47 Å². The van der Waals surface area contributed by atoms with Gasteiger partial charge in [-0.3, -0.25) is 4.90 Å². The van der Waals surface area contributed by atoms with Crippen molar-refractivity contribution in [2.45, 2.75) is 45.3 Å². The summed E-state index contributed by atoms with van der Waals surface area (Å²) < 4.78 is 11.6. The maximum atomic E-state index is 5.83. The first-order chi connectivity index (χ1) is 13.9. The van der Waals surface area contributed by atoms with Gasteiger partial charge in [0.1, 0.15) is 0 Å². The molecule has 1 aliphatic heterocycles. The van der Waals surface area contributed by atoms with Gasteiger partial charge in [-0.2, -0.15) is 4.98 Å². The van der Waals surface area contributed by atoms with Gasteiger partial charge in [-0.1, -0.05) is 36.4 Å². The number of hydrogen-bond acceptors (Lipinski definition) is 6. The zero-order valence-electron chi connectivity index (χ0n) is 17.4. The Kier molecular flexibility index (Phi) is 7.54. The summed E-state index contributed by atoms with van der Waals surface area (Å²) in [7, 11) is 0. The van der Waals surface area contributed by atoms with Crippen molar-refractivity contribution in [3.05, 3.63) is 41.8 Å². The van der Waals surface area contributed by atoms with Crippen molar-refractivity contribution in [1.82, 2.24) is 14.9 Å². The van der Waals surface area contributed by atoms with E-state index in [4.69, 9.17) is 28.1 Å². The monoisotopic (exact) mass is 411 g/mol. The van der Waals surface area contributed by atoms with E-state index in [-0.39, 0.29) is 5.92 Å². The number of rotatable bonds is 7. The van der Waals surface area contributed by atoms with E-state index in [1.807, 2.05) is 6.92 Å². The summed E-state index contributed by atoms with van der Waals surface area (Å²) in [5, 5.41) is 0. The number of hydrogen-bond donors (Lipinski definition) is 0. The van der Waals surface area contributed by atoms with Gasteiger partial charge in [0.15, 0.2) is 0 Å². The molecule has 0 spiro atoms. The van der Waals surface area contributed by atoms with Gasteiger partial charge in [0.2, 0.25) is 0 Å². The maximum absolute atomic E-state index is 5.83. The molecule has 29 heavy (non-hydrogen) atoms. The lowest BCUT2D eigenvalue weighted by Gasteiger charge is -2.35. The van der Waals surface area contributed by atoms with Crippen molar-refractivity contribution in [3.63, 3.8) is 0 Å². The Hall–Kier alpha value is -2.07. The molecular formula is C23H29N3O2S. The van der Waals surface area contributed by atoms with Gasteiger partial charge in [-0.05, 0) is 38.8 Å². The Morgan fingerprint density at radius 3 is 2.79 bits per heavy atom. The van der Waals surface area contributed by atoms with Crippen LogP contribution >= 0.6 is 12.2 Å². The molecule has 0 radical (unpaired) electrons. The van der Waals surface area contributed by atoms with Gasteiger partial charge < -0.3 is 9.47 Å². The minimum Gasteiger partial charge on any atom is -0.463 e. The Labute approximate surface area is 179 Å². The molecule has 0 N–H and O–H groups in total. The SMILES string of the molecule is C#CC(C(C)=S)c1ccnc(OCC2C=CC(CN3CC(C)OC(C)C3)=CC2)n1. The highest BCUT2D eigenvalue weighted by Gasteiger charge is 2.23. The predicted molar refractivity (Wildman–Crippen MR) is 119 cm³/mol. The van der Waals surface area contributed by atoms with Gasteiger partial charge in [-0.15, -0.1) is 6.42 Å². The molecule has 0 bridgehead atoms. The number of aromatic nitrogens is 2. The summed E-state index contributed by atoms with van der Waals surface area (Å²) in [6.07, 6.45) is 15.5. The summed E-state index contributed by atoms with van der Waals surface area (Å²) in [4.78, 5) is 11.8. The van der Waals surface area contributed by atoms with Crippen LogP contribution in [0.1, 0.15) is 38.8 Å². The molecule has 0 aromatic carbocycles. The minimum atomic E-state index is -0.291. The third-order valence-corrected chi connectivity index (χ3v) is 5.35. The summed E-state index contributed by atoms with van der Waals surface area (Å²) in [6, 6.07) is 2.13. The van der Waals surface area contributed by atoms with Gasteiger partial charge in [0.05, 0.1) is 30.4 Å². The summed E-state index contributed by atoms with van der Waals surface area (Å²) in [5.74, 6) is 2.70. The fourth-order valence-electron chi connectivity index (χ4n) is 3.80. The molecule has 1 aromatic rings. The molecule has 1 aromatic heterocycles. The minimum absolute atomic E-state index is 0.291. The maximum Gasteiger partial charge on any atom is 0.316 e. The number of morpholine rings is 1. The average Bonchev–Trinajstić information content (AvgIpc) is 2.67. The molecule has 0 amide bonds. The third-order valence-electron chi connectivity index (χ3n) is 5.12. The second-order valence-corrected chi connectivity index (χ2v) is 8.51. The van der Waals surface area contributed by atoms with Crippen molar-refractivity contribution >= 4 is 17.1 Å². The van der Waals surface area contributed by atoms with Crippen molar-refractivity contribution in [1.29, 1.82) is 0 Å². The van der Waals surface area contributed by atoms with Crippen LogP contribution in [0.3, 0.4) is 0 Å². The topological polar surface area (TPSA) is 47.5 Å². The molecule has 3 rings (SSSR count). The first-order valence-corrected chi connectivity index (χ1v) is 10.5. The number of thiocarbonyl (C=S) groups is 1. The fraction of sp³-hybridized carbons (Fsp3) is 0.522. The van der Waals surface area contributed by atoms with E-state index in [2.05, 4.69) is 52.9 Å². The zero-order valence-corrected chi connectivity index (χ0v) is 18.2. The Bertz CT molecular complexity index is 820. The van der Waals surface area contributed by atoms with E-state index in [1.165, 1.54) is 5.57 Å². The van der Waals surface area contributed by atoms with Crippen LogP contribution in [-0.2, 0) is 4.74 Å². The van der Waals surface area contributed by atoms with Crippen LogP contribution in [0.4, 0.5) is 0 Å². The molecule has 5 nitrogen and oxygen atoms in total. The summed E-state index contributed by atoms with van der Waals surface area (Å²) in [6.45, 7) is 9.57. The predicted octanol–water partition coefficient (Wildman–Crippen LogP) is 3.57. The number of allylic oxidation sites excluding steroid dienone is 1. The summed E-state index contributed by atoms with van der Waals surface area (Å²) in [5.41, 5.74) is 2.06. The lowest BCUT2D eigenvalue weighted by atomic mass is 9.97. The Balaban J connectivity index is 1.50. The van der Waals surface area contributed by atoms with Crippen LogP contribution in [0.5, 0.6) is 6.01 Å². The van der Waals surface area contributed by atoms with Crippen LogP contribution in [0.25, 0.3) is 0 Å². The van der Waals surface area contributed by atoms with Gasteiger partial charge >= 0.3 is 6.01 Å². The van der Waals surface area contributed by atoms with Gasteiger partial charge in [0.25, 0.3) is 0 Å². The summed E-state index contributed by atoms with van der Waals surface area (Å²) >= 11 is 5.22. The Morgan fingerprint density at radius 2 is 2.17 bits per heavy atom. The van der Waals surface area contributed by atoms with Crippen molar-refractivity contribution in [2.24, 2.45) is 5.92 Å². The van der Waals surface area contributed by atoms with E-state index in [9.17, 15) is 0 Å². The molecule has 1 saturated heterocycles. The molecule has 1 aliphatic carbocycles. The van der Waals surface area contributed by atoms with Crippen molar-refractivity contribution in [3.8, 4) is 18.4 Å². The van der Waals surface area contributed by atoms with Crippen molar-refractivity contribution in [2.75, 3.05) is 26.2 Å². The Morgan fingerprint density at radius 1 is 1.41 bits per heavy atom. The molecule has 6 heteroatoms. The van der Waals surface area contributed by atoms with Crippen LogP contribution in [-0.4, -0.2) is 58.2 Å². The lowest BCUT2D eigenvalue weighted by molar-refractivity contribution is -0.0651. The molecule has 2 heterocycles. The van der Waals surface area contributed by atoms with E-state index in [0.29, 0.717) is 41.3 Å². The van der Waals surface area contributed by atoms with Gasteiger partial charge in [-0.25, -0.2) is 4.98 Å². The smallest absolute Gasteiger partial charge is 0.316 e.